The van der Waals surface area contributed by atoms with Crippen LogP contribution >= 0.6 is 0 Å². The average Bonchev–Trinajstić information content (AvgIpc) is 3.07. The van der Waals surface area contributed by atoms with Crippen LogP contribution in [-0.2, 0) is 11.3 Å². The first kappa shape index (κ1) is 15.9. The molecule has 0 unspecified atom stereocenters. The first-order valence-electron chi connectivity index (χ1n) is 7.50. The highest BCUT2D eigenvalue weighted by Crippen LogP contribution is 2.17. The van der Waals surface area contributed by atoms with E-state index < -0.39 is 0 Å². The molecule has 1 aliphatic rings. The Kier molecular flexibility index (Phi) is 5.84. The predicted molar refractivity (Wildman–Crippen MR) is 83.9 cm³/mol. The Labute approximate surface area is 131 Å². The number of rotatable bonds is 6. The Morgan fingerprint density at radius 1 is 1.36 bits per heavy atom. The number of benzene rings is 1. The second-order valence-electron chi connectivity index (χ2n) is 5.35. The van der Waals surface area contributed by atoms with Crippen molar-refractivity contribution in [3.8, 4) is 11.8 Å². The Morgan fingerprint density at radius 2 is 2.05 bits per heavy atom. The van der Waals surface area contributed by atoms with Gasteiger partial charge in [-0.1, -0.05) is 25.0 Å². The number of nitrogens with zero attached hydrogens (tertiary/aromatic N) is 1. The van der Waals surface area contributed by atoms with Crippen molar-refractivity contribution in [2.75, 3.05) is 7.11 Å². The van der Waals surface area contributed by atoms with E-state index in [4.69, 9.17) is 10.00 Å². The molecular formula is C17H21N3O2. The molecule has 0 aliphatic heterocycles. The van der Waals surface area contributed by atoms with Crippen LogP contribution in [0.2, 0.25) is 0 Å². The topological polar surface area (TPSA) is 74.1 Å². The predicted octanol–water partition coefficient (Wildman–Crippen LogP) is 2.25. The second-order valence-corrected chi connectivity index (χ2v) is 5.35. The van der Waals surface area contributed by atoms with Gasteiger partial charge in [0.25, 0.3) is 5.91 Å². The molecule has 22 heavy (non-hydrogen) atoms. The lowest BCUT2D eigenvalue weighted by Crippen LogP contribution is -2.27. The lowest BCUT2D eigenvalue weighted by atomic mass is 10.2. The minimum Gasteiger partial charge on any atom is -0.497 e. The Hall–Kier alpha value is -2.48. The fourth-order valence-corrected chi connectivity index (χ4v) is 2.46. The number of hydrogen-bond donors (Lipinski definition) is 2. The summed E-state index contributed by atoms with van der Waals surface area (Å²) in [6.07, 6.45) is 6.15. The molecule has 0 heterocycles. The van der Waals surface area contributed by atoms with Gasteiger partial charge < -0.3 is 15.4 Å². The smallest absolute Gasteiger partial charge is 0.263 e. The summed E-state index contributed by atoms with van der Waals surface area (Å²) in [6, 6.07) is 9.77. The molecule has 5 heteroatoms. The van der Waals surface area contributed by atoms with E-state index in [1.54, 1.807) is 13.3 Å². The third-order valence-corrected chi connectivity index (χ3v) is 3.80. The Balaban J connectivity index is 1.85. The SMILES string of the molecule is COc1ccc(CNC(=O)/C(C#N)=C\NC2CCCC2)cc1. The van der Waals surface area contributed by atoms with Gasteiger partial charge in [-0.3, -0.25) is 4.79 Å². The van der Waals surface area contributed by atoms with Crippen LogP contribution in [0.4, 0.5) is 0 Å². The molecule has 0 atom stereocenters. The maximum atomic E-state index is 12.0. The van der Waals surface area contributed by atoms with Gasteiger partial charge >= 0.3 is 0 Å². The highest BCUT2D eigenvalue weighted by Gasteiger charge is 2.14. The van der Waals surface area contributed by atoms with E-state index in [-0.39, 0.29) is 11.5 Å². The van der Waals surface area contributed by atoms with Crippen LogP contribution in [0.5, 0.6) is 5.75 Å². The van der Waals surface area contributed by atoms with Crippen molar-refractivity contribution in [1.29, 1.82) is 5.26 Å². The lowest BCUT2D eigenvalue weighted by Gasteiger charge is -2.10. The van der Waals surface area contributed by atoms with Gasteiger partial charge in [-0.25, -0.2) is 0 Å². The van der Waals surface area contributed by atoms with Gasteiger partial charge in [-0.2, -0.15) is 5.26 Å². The van der Waals surface area contributed by atoms with E-state index in [9.17, 15) is 4.79 Å². The fraction of sp³-hybridized carbons (Fsp3) is 0.412. The van der Waals surface area contributed by atoms with Gasteiger partial charge in [0.05, 0.1) is 7.11 Å². The zero-order valence-corrected chi connectivity index (χ0v) is 12.8. The molecule has 5 nitrogen and oxygen atoms in total. The van der Waals surface area contributed by atoms with Gasteiger partial charge in [0.2, 0.25) is 0 Å². The molecule has 0 saturated heterocycles. The van der Waals surface area contributed by atoms with Crippen LogP contribution in [0.3, 0.4) is 0 Å². The van der Waals surface area contributed by atoms with Crippen molar-refractivity contribution < 1.29 is 9.53 Å². The van der Waals surface area contributed by atoms with E-state index in [1.807, 2.05) is 30.3 Å². The van der Waals surface area contributed by atoms with Crippen LogP contribution in [0.25, 0.3) is 0 Å². The van der Waals surface area contributed by atoms with Crippen molar-refractivity contribution in [3.63, 3.8) is 0 Å². The number of ether oxygens (including phenoxy) is 1. The van der Waals surface area contributed by atoms with E-state index >= 15 is 0 Å². The molecule has 116 valence electrons. The molecular weight excluding hydrogens is 278 g/mol. The maximum Gasteiger partial charge on any atom is 0.263 e. The molecule has 0 aromatic heterocycles. The number of hydrogen-bond acceptors (Lipinski definition) is 4. The van der Waals surface area contributed by atoms with Gasteiger partial charge in [0.1, 0.15) is 17.4 Å². The van der Waals surface area contributed by atoms with Crippen molar-refractivity contribution in [2.24, 2.45) is 0 Å². The van der Waals surface area contributed by atoms with Crippen molar-refractivity contribution in [3.05, 3.63) is 41.6 Å². The summed E-state index contributed by atoms with van der Waals surface area (Å²) in [5.74, 6) is 0.414. The number of amides is 1. The summed E-state index contributed by atoms with van der Waals surface area (Å²) in [4.78, 5) is 12.0. The van der Waals surface area contributed by atoms with E-state index in [0.29, 0.717) is 12.6 Å². The molecule has 0 radical (unpaired) electrons. The minimum atomic E-state index is -0.358. The third kappa shape index (κ3) is 4.52. The monoisotopic (exact) mass is 299 g/mol. The molecule has 1 aromatic rings. The number of carbonyl (C=O) groups is 1. The van der Waals surface area contributed by atoms with Crippen LogP contribution in [-0.4, -0.2) is 19.1 Å². The minimum absolute atomic E-state index is 0.111. The molecule has 1 aliphatic carbocycles. The highest BCUT2D eigenvalue weighted by molar-refractivity contribution is 5.97. The molecule has 2 N–H and O–H groups in total. The number of nitrogens with one attached hydrogen (secondary N) is 2. The zero-order chi connectivity index (χ0) is 15.8. The largest absolute Gasteiger partial charge is 0.497 e. The average molecular weight is 299 g/mol. The first-order chi connectivity index (χ1) is 10.7. The summed E-state index contributed by atoms with van der Waals surface area (Å²) in [5.41, 5.74) is 1.07. The van der Waals surface area contributed by atoms with Gasteiger partial charge in [0, 0.05) is 18.8 Å². The quantitative estimate of drug-likeness (QED) is 0.624. The van der Waals surface area contributed by atoms with Crippen LogP contribution in [0.1, 0.15) is 31.2 Å². The molecule has 1 amide bonds. The normalized spacial score (nSPS) is 15.2. The van der Waals surface area contributed by atoms with Crippen molar-refractivity contribution in [1.82, 2.24) is 10.6 Å². The van der Waals surface area contributed by atoms with Crippen LogP contribution in [0.15, 0.2) is 36.0 Å². The fourth-order valence-electron chi connectivity index (χ4n) is 2.46. The van der Waals surface area contributed by atoms with Gasteiger partial charge in [-0.15, -0.1) is 0 Å². The van der Waals surface area contributed by atoms with E-state index in [2.05, 4.69) is 10.6 Å². The Morgan fingerprint density at radius 3 is 2.64 bits per heavy atom. The standard InChI is InChI=1S/C17H21N3O2/c1-22-16-8-6-13(7-9-16)11-20-17(21)14(10-18)12-19-15-4-2-3-5-15/h6-9,12,15,19H,2-5,11H2,1H3,(H,20,21)/b14-12-. The molecule has 1 aromatic carbocycles. The van der Waals surface area contributed by atoms with E-state index in [0.717, 1.165) is 24.2 Å². The number of nitriles is 1. The van der Waals surface area contributed by atoms with Crippen LogP contribution < -0.4 is 15.4 Å². The number of carbonyl (C=O) groups excluding carboxylic acids is 1. The summed E-state index contributed by atoms with van der Waals surface area (Å²) < 4.78 is 5.08. The highest BCUT2D eigenvalue weighted by atomic mass is 16.5. The van der Waals surface area contributed by atoms with Crippen molar-refractivity contribution in [2.45, 2.75) is 38.3 Å². The summed E-state index contributed by atoms with van der Waals surface area (Å²) in [5, 5.41) is 15.0. The maximum absolute atomic E-state index is 12.0. The van der Waals surface area contributed by atoms with Gasteiger partial charge in [-0.05, 0) is 30.5 Å². The second kappa shape index (κ2) is 8.08. The summed E-state index contributed by atoms with van der Waals surface area (Å²) in [7, 11) is 1.61. The molecule has 0 spiro atoms. The molecule has 1 saturated carbocycles. The summed E-state index contributed by atoms with van der Waals surface area (Å²) >= 11 is 0. The first-order valence-corrected chi connectivity index (χ1v) is 7.50. The van der Waals surface area contributed by atoms with Crippen LogP contribution in [0, 0.1) is 11.3 Å². The molecule has 0 bridgehead atoms. The molecule has 2 rings (SSSR count). The molecule has 1 fully saturated rings. The lowest BCUT2D eigenvalue weighted by molar-refractivity contribution is -0.117. The Bertz CT molecular complexity index is 567. The number of methoxy groups -OCH3 is 1. The third-order valence-electron chi connectivity index (χ3n) is 3.80. The summed E-state index contributed by atoms with van der Waals surface area (Å²) in [6.45, 7) is 0.380. The zero-order valence-electron chi connectivity index (χ0n) is 12.8. The van der Waals surface area contributed by atoms with Crippen molar-refractivity contribution >= 4 is 5.91 Å². The van der Waals surface area contributed by atoms with E-state index in [1.165, 1.54) is 12.8 Å². The van der Waals surface area contributed by atoms with Gasteiger partial charge in [0.15, 0.2) is 0 Å².